The molecule has 1 aromatic rings. The fourth-order valence-corrected chi connectivity index (χ4v) is 3.00. The van der Waals surface area contributed by atoms with E-state index in [1.807, 2.05) is 11.8 Å². The lowest BCUT2D eigenvalue weighted by Gasteiger charge is -2.12. The molecule has 3 heteroatoms. The topological polar surface area (TPSA) is 15.6 Å². The van der Waals surface area contributed by atoms with E-state index in [4.69, 9.17) is 4.99 Å². The molecule has 0 saturated carbocycles. The molecule has 1 saturated heterocycles. The molecule has 1 fully saturated rings. The van der Waals surface area contributed by atoms with Crippen molar-refractivity contribution in [3.05, 3.63) is 35.9 Å². The summed E-state index contributed by atoms with van der Waals surface area (Å²) in [5.41, 5.74) is 1.34. The number of hydrogen-bond donors (Lipinski definition) is 0. The van der Waals surface area contributed by atoms with E-state index in [1.165, 1.54) is 23.0 Å². The molecule has 0 aliphatic carbocycles. The van der Waals surface area contributed by atoms with Crippen LogP contribution in [0.5, 0.6) is 0 Å². The van der Waals surface area contributed by atoms with Crippen molar-refractivity contribution in [1.29, 1.82) is 0 Å². The molecule has 0 radical (unpaired) electrons. The maximum Gasteiger partial charge on any atom is 0.160 e. The van der Waals surface area contributed by atoms with Gasteiger partial charge in [0.25, 0.3) is 0 Å². The van der Waals surface area contributed by atoms with Crippen LogP contribution in [-0.4, -0.2) is 28.9 Å². The van der Waals surface area contributed by atoms with Gasteiger partial charge in [-0.1, -0.05) is 42.1 Å². The highest BCUT2D eigenvalue weighted by Gasteiger charge is 2.29. The zero-order valence-electron chi connectivity index (χ0n) is 7.89. The molecule has 0 unspecified atom stereocenters. The van der Waals surface area contributed by atoms with E-state index in [-0.39, 0.29) is 0 Å². The molecule has 2 aliphatic heterocycles. The normalized spacial score (nSPS) is 25.0. The van der Waals surface area contributed by atoms with Crippen LogP contribution in [0.4, 0.5) is 0 Å². The smallest absolute Gasteiger partial charge is 0.160 e. The summed E-state index contributed by atoms with van der Waals surface area (Å²) in [5, 5.41) is 1.25. The number of rotatable bonds is 1. The lowest BCUT2D eigenvalue weighted by atomic mass is 10.5. The van der Waals surface area contributed by atoms with Gasteiger partial charge in [0.05, 0.1) is 6.04 Å². The largest absolute Gasteiger partial charge is 0.348 e. The van der Waals surface area contributed by atoms with Gasteiger partial charge < -0.3 is 4.90 Å². The monoisotopic (exact) mass is 216 g/mol. The lowest BCUT2D eigenvalue weighted by Crippen LogP contribution is -2.21. The number of benzene rings is 1. The van der Waals surface area contributed by atoms with Crippen LogP contribution in [0.25, 0.3) is 0 Å². The standard InChI is InChI=1S/C11H12N2S/c1-2-4-9(5-3-1)10-8-13-6-7-14-11(13)12-10/h1-5,10H,6-8H2/t10-/m1/s1/i1+2,2+2,3+2,4+2,5+2,9+2. The van der Waals surface area contributed by atoms with Gasteiger partial charge in [0.2, 0.25) is 0 Å². The maximum absolute atomic E-state index is 4.73. The van der Waals surface area contributed by atoms with Crippen LogP contribution in [0.2, 0.25) is 0 Å². The van der Waals surface area contributed by atoms with Gasteiger partial charge in [-0.15, -0.1) is 0 Å². The minimum Gasteiger partial charge on any atom is -0.348 e. The predicted molar refractivity (Wildman–Crippen MR) is 60.6 cm³/mol. The van der Waals surface area contributed by atoms with Crippen molar-refractivity contribution in [2.75, 3.05) is 18.8 Å². The Morgan fingerprint density at radius 3 is 3.00 bits per heavy atom. The first kappa shape index (κ1) is 8.36. The van der Waals surface area contributed by atoms with Gasteiger partial charge in [0, 0.05) is 18.8 Å². The summed E-state index contributed by atoms with van der Waals surface area (Å²) in [4.78, 5) is 7.12. The van der Waals surface area contributed by atoms with Gasteiger partial charge >= 0.3 is 0 Å². The molecule has 1 aromatic carbocycles. The van der Waals surface area contributed by atoms with E-state index in [0.717, 1.165) is 6.54 Å². The molecule has 0 bridgehead atoms. The van der Waals surface area contributed by atoms with E-state index in [1.54, 1.807) is 0 Å². The van der Waals surface area contributed by atoms with Gasteiger partial charge in [0.15, 0.2) is 5.17 Å². The van der Waals surface area contributed by atoms with E-state index in [2.05, 4.69) is 35.2 Å². The Kier molecular flexibility index (Phi) is 1.98. The van der Waals surface area contributed by atoms with Crippen molar-refractivity contribution >= 4 is 16.9 Å². The van der Waals surface area contributed by atoms with E-state index in [0.29, 0.717) is 6.04 Å². The molecule has 0 amide bonds. The first-order valence-electron chi connectivity index (χ1n) is 4.94. The highest BCUT2D eigenvalue weighted by Crippen LogP contribution is 2.31. The quantitative estimate of drug-likeness (QED) is 0.714. The van der Waals surface area contributed by atoms with Crippen LogP contribution in [-0.2, 0) is 0 Å². The zero-order valence-corrected chi connectivity index (χ0v) is 8.70. The van der Waals surface area contributed by atoms with E-state index < -0.39 is 0 Å². The average Bonchev–Trinajstić information content (AvgIpc) is 2.78. The summed E-state index contributed by atoms with van der Waals surface area (Å²) in [7, 11) is 0. The van der Waals surface area contributed by atoms with Crippen molar-refractivity contribution in [3.63, 3.8) is 0 Å². The van der Waals surface area contributed by atoms with Crippen LogP contribution in [0.3, 0.4) is 0 Å². The Labute approximate surface area is 88.0 Å². The highest BCUT2D eigenvalue weighted by molar-refractivity contribution is 8.14. The number of amidine groups is 1. The molecule has 2 nitrogen and oxygen atoms in total. The molecule has 2 heterocycles. The number of aliphatic imine (C=N–C) groups is 1. The van der Waals surface area contributed by atoms with Gasteiger partial charge in [-0.25, -0.2) is 0 Å². The summed E-state index contributed by atoms with van der Waals surface area (Å²) in [6.45, 7) is 2.25. The zero-order chi connectivity index (χ0) is 9.38. The summed E-state index contributed by atoms with van der Waals surface area (Å²) in [5.74, 6) is 1.21. The van der Waals surface area contributed by atoms with Gasteiger partial charge in [-0.3, -0.25) is 4.99 Å². The summed E-state index contributed by atoms with van der Waals surface area (Å²) in [6, 6.07) is 10.9. The Hall–Kier alpha value is -0.960. The Morgan fingerprint density at radius 2 is 2.21 bits per heavy atom. The Bertz CT molecular complexity index is 361. The second kappa shape index (κ2) is 3.31. The third kappa shape index (κ3) is 1.32. The maximum atomic E-state index is 4.73. The van der Waals surface area contributed by atoms with Crippen molar-refractivity contribution in [3.8, 4) is 0 Å². The number of hydrogen-bond acceptors (Lipinski definition) is 3. The lowest BCUT2D eigenvalue weighted by molar-refractivity contribution is 0.464. The summed E-state index contributed by atoms with van der Waals surface area (Å²) < 4.78 is 0. The van der Waals surface area contributed by atoms with Crippen molar-refractivity contribution in [2.45, 2.75) is 6.04 Å². The van der Waals surface area contributed by atoms with Crippen molar-refractivity contribution in [2.24, 2.45) is 4.99 Å². The van der Waals surface area contributed by atoms with Gasteiger partial charge in [-0.2, -0.15) is 0 Å². The van der Waals surface area contributed by atoms with Crippen LogP contribution >= 0.6 is 11.8 Å². The van der Waals surface area contributed by atoms with Gasteiger partial charge in [-0.05, 0) is 5.56 Å². The average molecular weight is 216 g/mol. The number of fused-ring (bicyclic) bond motifs is 1. The third-order valence-electron chi connectivity index (χ3n) is 2.71. The van der Waals surface area contributed by atoms with Crippen LogP contribution in [0.1, 0.15) is 11.6 Å². The number of thioether (sulfide) groups is 1. The van der Waals surface area contributed by atoms with Crippen LogP contribution in [0.15, 0.2) is 35.3 Å². The SMILES string of the molecule is C1CN2C[C@H]([14c]3[14cH][14cH][14cH][14cH][14cH]3)N=C2S1. The fraction of sp³-hybridized carbons (Fsp3) is 0.364. The predicted octanol–water partition coefficient (Wildman–Crippen LogP) is 2.15. The summed E-state index contributed by atoms with van der Waals surface area (Å²) >= 11 is 1.89. The first-order valence-corrected chi connectivity index (χ1v) is 5.92. The molecule has 1 atom stereocenters. The first-order chi connectivity index (χ1) is 6.93. The molecule has 0 spiro atoms. The second-order valence-electron chi connectivity index (χ2n) is 3.63. The summed E-state index contributed by atoms with van der Waals surface area (Å²) in [6.07, 6.45) is 0. The van der Waals surface area contributed by atoms with Crippen molar-refractivity contribution < 1.29 is 0 Å². The minimum atomic E-state index is 0.374. The molecule has 72 valence electrons. The van der Waals surface area contributed by atoms with E-state index in [9.17, 15) is 0 Å². The molecule has 3 rings (SSSR count). The Morgan fingerprint density at radius 1 is 1.36 bits per heavy atom. The molecule has 0 aromatic heterocycles. The van der Waals surface area contributed by atoms with Crippen molar-refractivity contribution in [1.82, 2.24) is 4.90 Å². The Balaban J connectivity index is 1.87. The molecular weight excluding hydrogens is 204 g/mol. The van der Waals surface area contributed by atoms with E-state index >= 15 is 0 Å². The highest BCUT2D eigenvalue weighted by atomic mass is 32.2. The third-order valence-corrected chi connectivity index (χ3v) is 3.72. The van der Waals surface area contributed by atoms with Crippen LogP contribution < -0.4 is 0 Å². The second-order valence-corrected chi connectivity index (χ2v) is 4.69. The van der Waals surface area contributed by atoms with Crippen LogP contribution in [0, 0.1) is 0 Å². The molecular formula is C11H12N2S. The molecule has 2 aliphatic rings. The molecule has 0 N–H and O–H groups in total. The van der Waals surface area contributed by atoms with Gasteiger partial charge in [0.1, 0.15) is 0 Å². The number of nitrogens with zero attached hydrogens (tertiary/aromatic N) is 2. The fourth-order valence-electron chi connectivity index (χ4n) is 1.96. The minimum absolute atomic E-state index is 0.374. The molecule has 14 heavy (non-hydrogen) atoms.